The minimum atomic E-state index is -0.0531. The summed E-state index contributed by atoms with van der Waals surface area (Å²) in [4.78, 5) is 31.4. The van der Waals surface area contributed by atoms with E-state index in [9.17, 15) is 9.59 Å². The molecule has 1 amide bonds. The standard InChI is InChI=1S/C18H22N6O2/c1-2-9-21-14-6-3-4-7-15(14)22(18(21)26)12-8-16(25)23-10-5-11-24-17(23)19-13-20-24/h3-4,6-7,13H,2,5,8-12H2,1H3. The zero-order valence-corrected chi connectivity index (χ0v) is 14.8. The maximum absolute atomic E-state index is 12.8. The summed E-state index contributed by atoms with van der Waals surface area (Å²) in [6.07, 6.45) is 3.48. The number of nitrogens with zero attached hydrogens (tertiary/aromatic N) is 6. The largest absolute Gasteiger partial charge is 0.329 e. The highest BCUT2D eigenvalue weighted by atomic mass is 16.2. The first-order chi connectivity index (χ1) is 12.7. The number of aryl methyl sites for hydroxylation is 3. The Bertz CT molecular complexity index is 999. The van der Waals surface area contributed by atoms with Crippen molar-refractivity contribution in [3.05, 3.63) is 41.1 Å². The molecule has 1 aromatic carbocycles. The molecule has 4 rings (SSSR count). The molecule has 26 heavy (non-hydrogen) atoms. The van der Waals surface area contributed by atoms with E-state index < -0.39 is 0 Å². The number of amides is 1. The third kappa shape index (κ3) is 2.71. The van der Waals surface area contributed by atoms with Crippen molar-refractivity contribution in [1.29, 1.82) is 0 Å². The molecule has 3 heterocycles. The average Bonchev–Trinajstić information content (AvgIpc) is 3.24. The molecule has 0 unspecified atom stereocenters. The fourth-order valence-electron chi connectivity index (χ4n) is 3.61. The van der Waals surface area contributed by atoms with Crippen LogP contribution >= 0.6 is 0 Å². The molecular formula is C18H22N6O2. The van der Waals surface area contributed by atoms with Crippen molar-refractivity contribution >= 4 is 22.9 Å². The van der Waals surface area contributed by atoms with Gasteiger partial charge in [0.1, 0.15) is 6.33 Å². The number of rotatable bonds is 5. The Morgan fingerprint density at radius 3 is 2.58 bits per heavy atom. The Kier molecular flexibility index (Phi) is 4.32. The first kappa shape index (κ1) is 16.6. The number of para-hydroxylation sites is 2. The topological polar surface area (TPSA) is 78.0 Å². The smallest absolute Gasteiger partial charge is 0.292 e. The van der Waals surface area contributed by atoms with Crippen molar-refractivity contribution in [2.24, 2.45) is 0 Å². The number of hydrogen-bond acceptors (Lipinski definition) is 4. The van der Waals surface area contributed by atoms with Crippen LogP contribution in [-0.4, -0.2) is 36.4 Å². The molecule has 0 radical (unpaired) electrons. The summed E-state index contributed by atoms with van der Waals surface area (Å²) in [5, 5.41) is 4.14. The van der Waals surface area contributed by atoms with Crippen LogP contribution in [0.25, 0.3) is 11.0 Å². The van der Waals surface area contributed by atoms with Crippen molar-refractivity contribution in [3.63, 3.8) is 0 Å². The number of hydrogen-bond donors (Lipinski definition) is 0. The molecule has 1 aliphatic heterocycles. The lowest BCUT2D eigenvalue weighted by molar-refractivity contribution is -0.119. The van der Waals surface area contributed by atoms with Crippen LogP contribution in [0.4, 0.5) is 5.95 Å². The summed E-state index contributed by atoms with van der Waals surface area (Å²) in [5.41, 5.74) is 1.74. The maximum Gasteiger partial charge on any atom is 0.329 e. The van der Waals surface area contributed by atoms with Gasteiger partial charge in [0.15, 0.2) is 0 Å². The quantitative estimate of drug-likeness (QED) is 0.698. The number of imidazole rings is 1. The number of benzene rings is 1. The van der Waals surface area contributed by atoms with Crippen molar-refractivity contribution in [3.8, 4) is 0 Å². The van der Waals surface area contributed by atoms with Gasteiger partial charge in [-0.15, -0.1) is 0 Å². The van der Waals surface area contributed by atoms with Gasteiger partial charge in [0, 0.05) is 32.6 Å². The number of anilines is 1. The van der Waals surface area contributed by atoms with E-state index in [-0.39, 0.29) is 18.0 Å². The van der Waals surface area contributed by atoms with E-state index in [1.54, 1.807) is 18.7 Å². The Morgan fingerprint density at radius 2 is 1.85 bits per heavy atom. The van der Waals surface area contributed by atoms with E-state index in [0.717, 1.165) is 30.4 Å². The van der Waals surface area contributed by atoms with E-state index in [0.29, 0.717) is 25.6 Å². The third-order valence-electron chi connectivity index (χ3n) is 4.81. The molecular weight excluding hydrogens is 332 g/mol. The molecule has 0 saturated heterocycles. The van der Waals surface area contributed by atoms with Crippen molar-refractivity contribution in [2.45, 2.75) is 45.8 Å². The molecule has 1 aliphatic rings. The first-order valence-electron chi connectivity index (χ1n) is 9.07. The molecule has 8 nitrogen and oxygen atoms in total. The zero-order chi connectivity index (χ0) is 18.1. The predicted molar refractivity (Wildman–Crippen MR) is 98.1 cm³/mol. The number of carbonyl (C=O) groups excluding carboxylic acids is 1. The fourth-order valence-corrected chi connectivity index (χ4v) is 3.61. The highest BCUT2D eigenvalue weighted by Gasteiger charge is 2.24. The van der Waals surface area contributed by atoms with E-state index >= 15 is 0 Å². The third-order valence-corrected chi connectivity index (χ3v) is 4.81. The average molecular weight is 354 g/mol. The van der Waals surface area contributed by atoms with Crippen LogP contribution in [0.3, 0.4) is 0 Å². The molecule has 8 heteroatoms. The second kappa shape index (κ2) is 6.78. The van der Waals surface area contributed by atoms with Gasteiger partial charge in [0.05, 0.1) is 11.0 Å². The van der Waals surface area contributed by atoms with Crippen LogP contribution in [0.2, 0.25) is 0 Å². The normalized spacial score (nSPS) is 14.0. The molecule has 136 valence electrons. The summed E-state index contributed by atoms with van der Waals surface area (Å²) in [5.74, 6) is 0.570. The molecule has 0 N–H and O–H groups in total. The fraction of sp³-hybridized carbons (Fsp3) is 0.444. The second-order valence-electron chi connectivity index (χ2n) is 6.51. The van der Waals surface area contributed by atoms with E-state index in [4.69, 9.17) is 0 Å². The van der Waals surface area contributed by atoms with Crippen molar-refractivity contribution < 1.29 is 4.79 Å². The van der Waals surface area contributed by atoms with Crippen LogP contribution in [0.5, 0.6) is 0 Å². The molecule has 0 fully saturated rings. The van der Waals surface area contributed by atoms with Crippen LogP contribution < -0.4 is 10.6 Å². The highest BCUT2D eigenvalue weighted by Crippen LogP contribution is 2.18. The molecule has 3 aromatic rings. The van der Waals surface area contributed by atoms with Crippen molar-refractivity contribution in [1.82, 2.24) is 23.9 Å². The van der Waals surface area contributed by atoms with Gasteiger partial charge in [-0.2, -0.15) is 10.1 Å². The van der Waals surface area contributed by atoms with Gasteiger partial charge in [0.2, 0.25) is 11.9 Å². The van der Waals surface area contributed by atoms with Crippen LogP contribution in [0.1, 0.15) is 26.2 Å². The lowest BCUT2D eigenvalue weighted by Crippen LogP contribution is -2.39. The lowest BCUT2D eigenvalue weighted by Gasteiger charge is -2.26. The SMILES string of the molecule is CCCn1c(=O)n(CCC(=O)N2CCCn3ncnc32)c2ccccc21. The molecule has 0 spiro atoms. The number of aromatic nitrogens is 5. The van der Waals surface area contributed by atoms with E-state index in [1.807, 2.05) is 24.3 Å². The minimum Gasteiger partial charge on any atom is -0.292 e. The maximum atomic E-state index is 12.8. The Labute approximate surface area is 150 Å². The minimum absolute atomic E-state index is 0.0295. The van der Waals surface area contributed by atoms with E-state index in [2.05, 4.69) is 17.0 Å². The van der Waals surface area contributed by atoms with Gasteiger partial charge >= 0.3 is 5.69 Å². The van der Waals surface area contributed by atoms with Crippen LogP contribution in [-0.2, 0) is 24.4 Å². The lowest BCUT2D eigenvalue weighted by atomic mass is 10.2. The Hall–Kier alpha value is -2.90. The van der Waals surface area contributed by atoms with Gasteiger partial charge in [-0.25, -0.2) is 9.48 Å². The predicted octanol–water partition coefficient (Wildman–Crippen LogP) is 1.63. The molecule has 0 bridgehead atoms. The highest BCUT2D eigenvalue weighted by molar-refractivity contribution is 5.91. The van der Waals surface area contributed by atoms with Crippen LogP contribution in [0.15, 0.2) is 35.4 Å². The summed E-state index contributed by atoms with van der Waals surface area (Å²) in [6, 6.07) is 7.75. The Morgan fingerprint density at radius 1 is 1.12 bits per heavy atom. The van der Waals surface area contributed by atoms with Gasteiger partial charge in [-0.05, 0) is 25.0 Å². The Balaban J connectivity index is 1.58. The summed E-state index contributed by atoms with van der Waals surface area (Å²) < 4.78 is 5.25. The van der Waals surface area contributed by atoms with E-state index in [1.165, 1.54) is 6.33 Å². The first-order valence-corrected chi connectivity index (χ1v) is 9.07. The molecule has 0 aliphatic carbocycles. The molecule has 0 atom stereocenters. The van der Waals surface area contributed by atoms with Gasteiger partial charge in [-0.1, -0.05) is 19.1 Å². The monoisotopic (exact) mass is 354 g/mol. The summed E-state index contributed by atoms with van der Waals surface area (Å²) >= 11 is 0. The van der Waals surface area contributed by atoms with Crippen LogP contribution in [0, 0.1) is 0 Å². The van der Waals surface area contributed by atoms with Gasteiger partial charge < -0.3 is 0 Å². The zero-order valence-electron chi connectivity index (χ0n) is 14.8. The van der Waals surface area contributed by atoms with Gasteiger partial charge in [0.25, 0.3) is 0 Å². The molecule has 2 aromatic heterocycles. The summed E-state index contributed by atoms with van der Waals surface area (Å²) in [7, 11) is 0. The van der Waals surface area contributed by atoms with Gasteiger partial charge in [-0.3, -0.25) is 18.8 Å². The second-order valence-corrected chi connectivity index (χ2v) is 6.51. The van der Waals surface area contributed by atoms with Crippen molar-refractivity contribution in [2.75, 3.05) is 11.4 Å². The number of carbonyl (C=O) groups is 1. The number of fused-ring (bicyclic) bond motifs is 2. The summed E-state index contributed by atoms with van der Waals surface area (Å²) in [6.45, 7) is 4.51. The molecule has 0 saturated carbocycles.